The maximum atomic E-state index is 11.3. The van der Waals surface area contributed by atoms with Crippen LogP contribution in [0.2, 0.25) is 0 Å². The first-order chi connectivity index (χ1) is 12.0. The lowest BCUT2D eigenvalue weighted by atomic mass is 10.2. The molecule has 0 saturated heterocycles. The van der Waals surface area contributed by atoms with Gasteiger partial charge in [0.15, 0.2) is 0 Å². The average molecular weight is 357 g/mol. The van der Waals surface area contributed by atoms with Gasteiger partial charge in [0.05, 0.1) is 59.2 Å². The molecule has 1 aliphatic heterocycles. The molecule has 0 radical (unpaired) electrons. The van der Waals surface area contributed by atoms with E-state index in [2.05, 4.69) is 0 Å². The molecule has 8 heteroatoms. The summed E-state index contributed by atoms with van der Waals surface area (Å²) in [7, 11) is 0. The predicted molar refractivity (Wildman–Crippen MR) is 88.7 cm³/mol. The number of carbonyl (C=O) groups is 3. The van der Waals surface area contributed by atoms with Gasteiger partial charge in [-0.25, -0.2) is 0 Å². The SMILES string of the molecule is CC(C)COC(=O)CCOCCOCCOCCN1C(=O)C=CC1=O. The molecular formula is C17H27NO7. The summed E-state index contributed by atoms with van der Waals surface area (Å²) in [5.41, 5.74) is 0. The normalized spacial score (nSPS) is 14.0. The molecule has 0 saturated carbocycles. The standard InChI is InChI=1S/C17H27NO7/c1-14(2)13-25-17(21)5-7-22-9-11-24-12-10-23-8-6-18-15(19)3-4-16(18)20/h3-4,14H,5-13H2,1-2H3. The van der Waals surface area contributed by atoms with Crippen LogP contribution < -0.4 is 0 Å². The van der Waals surface area contributed by atoms with Crippen LogP contribution in [-0.2, 0) is 33.3 Å². The fraction of sp³-hybridized carbons (Fsp3) is 0.706. The van der Waals surface area contributed by atoms with E-state index in [-0.39, 0.29) is 37.4 Å². The van der Waals surface area contributed by atoms with Gasteiger partial charge in [0.2, 0.25) is 0 Å². The van der Waals surface area contributed by atoms with Crippen LogP contribution in [0.4, 0.5) is 0 Å². The maximum Gasteiger partial charge on any atom is 0.308 e. The quantitative estimate of drug-likeness (QED) is 0.255. The van der Waals surface area contributed by atoms with Gasteiger partial charge >= 0.3 is 5.97 Å². The fourth-order valence-corrected chi connectivity index (χ4v) is 1.84. The molecule has 0 unspecified atom stereocenters. The number of ether oxygens (including phenoxy) is 4. The van der Waals surface area contributed by atoms with E-state index < -0.39 is 0 Å². The van der Waals surface area contributed by atoms with Crippen molar-refractivity contribution in [3.8, 4) is 0 Å². The highest BCUT2D eigenvalue weighted by Crippen LogP contribution is 2.02. The van der Waals surface area contributed by atoms with Gasteiger partial charge in [0.25, 0.3) is 11.8 Å². The molecule has 142 valence electrons. The van der Waals surface area contributed by atoms with Crippen molar-refractivity contribution in [3.63, 3.8) is 0 Å². The molecule has 8 nitrogen and oxygen atoms in total. The van der Waals surface area contributed by atoms with Crippen LogP contribution in [0, 0.1) is 5.92 Å². The Kier molecular flexibility index (Phi) is 10.7. The Bertz CT molecular complexity index is 444. The molecule has 25 heavy (non-hydrogen) atoms. The Hall–Kier alpha value is -1.77. The van der Waals surface area contributed by atoms with E-state index in [1.807, 2.05) is 13.8 Å². The number of esters is 1. The molecule has 0 aromatic heterocycles. The number of hydrogen-bond acceptors (Lipinski definition) is 7. The molecule has 0 aromatic rings. The van der Waals surface area contributed by atoms with Crippen molar-refractivity contribution < 1.29 is 33.3 Å². The van der Waals surface area contributed by atoms with Gasteiger partial charge in [-0.05, 0) is 5.92 Å². The topological polar surface area (TPSA) is 91.4 Å². The first kappa shape index (κ1) is 21.3. The Morgan fingerprint density at radius 1 is 0.920 bits per heavy atom. The summed E-state index contributed by atoms with van der Waals surface area (Å²) < 4.78 is 20.9. The van der Waals surface area contributed by atoms with E-state index in [1.165, 1.54) is 12.2 Å². The average Bonchev–Trinajstić information content (AvgIpc) is 2.89. The lowest BCUT2D eigenvalue weighted by molar-refractivity contribution is -0.146. The van der Waals surface area contributed by atoms with E-state index >= 15 is 0 Å². The third-order valence-corrected chi connectivity index (χ3v) is 3.13. The Morgan fingerprint density at radius 3 is 2.00 bits per heavy atom. The number of carbonyl (C=O) groups excluding carboxylic acids is 3. The zero-order chi connectivity index (χ0) is 18.5. The lowest BCUT2D eigenvalue weighted by Gasteiger charge is -2.13. The number of amides is 2. The smallest absolute Gasteiger partial charge is 0.308 e. The van der Waals surface area contributed by atoms with Crippen molar-refractivity contribution in [2.24, 2.45) is 5.92 Å². The minimum absolute atomic E-state index is 0.235. The highest BCUT2D eigenvalue weighted by atomic mass is 16.5. The summed E-state index contributed by atoms with van der Waals surface area (Å²) >= 11 is 0. The van der Waals surface area contributed by atoms with Crippen molar-refractivity contribution in [1.82, 2.24) is 4.90 Å². The Labute approximate surface area is 148 Å². The van der Waals surface area contributed by atoms with Gasteiger partial charge in [0, 0.05) is 12.2 Å². The fourth-order valence-electron chi connectivity index (χ4n) is 1.84. The molecule has 0 spiro atoms. The Balaban J connectivity index is 1.82. The second-order valence-electron chi connectivity index (χ2n) is 5.83. The number of nitrogens with zero attached hydrogens (tertiary/aromatic N) is 1. The minimum atomic E-state index is -0.310. The number of imide groups is 1. The van der Waals surface area contributed by atoms with Crippen molar-refractivity contribution in [1.29, 1.82) is 0 Å². The summed E-state index contributed by atoms with van der Waals surface area (Å²) in [5, 5.41) is 0. The summed E-state index contributed by atoms with van der Waals surface area (Å²) in [4.78, 5) is 35.0. The third-order valence-electron chi connectivity index (χ3n) is 3.13. The molecule has 1 heterocycles. The van der Waals surface area contributed by atoms with Crippen molar-refractivity contribution >= 4 is 17.8 Å². The largest absolute Gasteiger partial charge is 0.465 e. The van der Waals surface area contributed by atoms with Gasteiger partial charge in [0.1, 0.15) is 0 Å². The van der Waals surface area contributed by atoms with Gasteiger partial charge in [-0.2, -0.15) is 0 Å². The molecular weight excluding hydrogens is 330 g/mol. The van der Waals surface area contributed by atoms with E-state index in [4.69, 9.17) is 18.9 Å². The van der Waals surface area contributed by atoms with Crippen LogP contribution >= 0.6 is 0 Å². The highest BCUT2D eigenvalue weighted by molar-refractivity contribution is 6.12. The Morgan fingerprint density at radius 2 is 1.44 bits per heavy atom. The second-order valence-corrected chi connectivity index (χ2v) is 5.83. The third kappa shape index (κ3) is 9.96. The molecule has 0 bridgehead atoms. The summed E-state index contributed by atoms with van der Waals surface area (Å²) in [5.74, 6) is -0.549. The van der Waals surface area contributed by atoms with Crippen LogP contribution in [0.3, 0.4) is 0 Å². The van der Waals surface area contributed by atoms with Gasteiger partial charge < -0.3 is 18.9 Å². The molecule has 0 N–H and O–H groups in total. The summed E-state index contributed by atoms with van der Waals surface area (Å²) in [6, 6.07) is 0. The maximum absolute atomic E-state index is 11.3. The zero-order valence-corrected chi connectivity index (χ0v) is 14.9. The van der Waals surface area contributed by atoms with Crippen molar-refractivity contribution in [3.05, 3.63) is 12.2 Å². The molecule has 0 aromatic carbocycles. The van der Waals surface area contributed by atoms with Crippen LogP contribution in [0.5, 0.6) is 0 Å². The molecule has 0 atom stereocenters. The summed E-state index contributed by atoms with van der Waals surface area (Å²) in [6.45, 7) is 6.75. The van der Waals surface area contributed by atoms with E-state index in [9.17, 15) is 14.4 Å². The van der Waals surface area contributed by atoms with Gasteiger partial charge in [-0.1, -0.05) is 13.8 Å². The monoisotopic (exact) mass is 357 g/mol. The van der Waals surface area contributed by atoms with Crippen LogP contribution in [0.15, 0.2) is 12.2 Å². The van der Waals surface area contributed by atoms with Crippen LogP contribution in [-0.4, -0.2) is 75.5 Å². The van der Waals surface area contributed by atoms with E-state index in [1.54, 1.807) is 0 Å². The first-order valence-corrected chi connectivity index (χ1v) is 8.43. The van der Waals surface area contributed by atoms with Crippen molar-refractivity contribution in [2.45, 2.75) is 20.3 Å². The van der Waals surface area contributed by atoms with Gasteiger partial charge in [-0.3, -0.25) is 19.3 Å². The number of rotatable bonds is 14. The van der Waals surface area contributed by atoms with Crippen molar-refractivity contribution in [2.75, 3.05) is 52.8 Å². The molecule has 0 aliphatic carbocycles. The minimum Gasteiger partial charge on any atom is -0.465 e. The zero-order valence-electron chi connectivity index (χ0n) is 14.9. The molecule has 0 fully saturated rings. The molecule has 1 aliphatic rings. The number of hydrogen-bond donors (Lipinski definition) is 0. The molecule has 1 rings (SSSR count). The van der Waals surface area contributed by atoms with Crippen LogP contribution in [0.1, 0.15) is 20.3 Å². The highest BCUT2D eigenvalue weighted by Gasteiger charge is 2.22. The van der Waals surface area contributed by atoms with Crippen LogP contribution in [0.25, 0.3) is 0 Å². The van der Waals surface area contributed by atoms with E-state index in [0.717, 1.165) is 4.90 Å². The summed E-state index contributed by atoms with van der Waals surface area (Å²) in [6.07, 6.45) is 2.73. The van der Waals surface area contributed by atoms with E-state index in [0.29, 0.717) is 45.6 Å². The van der Waals surface area contributed by atoms with Gasteiger partial charge in [-0.15, -0.1) is 0 Å². The predicted octanol–water partition coefficient (Wildman–Crippen LogP) is 0.551. The molecule has 2 amide bonds. The lowest BCUT2D eigenvalue weighted by Crippen LogP contribution is -2.33. The second kappa shape index (κ2) is 12.6. The first-order valence-electron chi connectivity index (χ1n) is 8.43.